The fraction of sp³-hybridized carbons (Fsp3) is 0.400. The first-order chi connectivity index (χ1) is 12.5. The van der Waals surface area contributed by atoms with E-state index in [1.54, 1.807) is 11.1 Å². The van der Waals surface area contributed by atoms with Crippen molar-refractivity contribution >= 4 is 5.91 Å². The smallest absolute Gasteiger partial charge is 0.253 e. The normalized spacial score (nSPS) is 16.5. The zero-order chi connectivity index (χ0) is 18.6. The van der Waals surface area contributed by atoms with Crippen LogP contribution in [0.25, 0.3) is 0 Å². The molecule has 1 aliphatic rings. The molecule has 26 heavy (non-hydrogen) atoms. The van der Waals surface area contributed by atoms with Gasteiger partial charge in [0.15, 0.2) is 0 Å². The summed E-state index contributed by atoms with van der Waals surface area (Å²) in [4.78, 5) is 18.3. The van der Waals surface area contributed by atoms with E-state index < -0.39 is 5.67 Å². The second kappa shape index (κ2) is 7.91. The van der Waals surface area contributed by atoms with Gasteiger partial charge >= 0.3 is 0 Å². The average Bonchev–Trinajstić information content (AvgIpc) is 2.64. The van der Waals surface area contributed by atoms with Crippen LogP contribution in [0.5, 0.6) is 0 Å². The molecule has 0 aliphatic carbocycles. The zero-order valence-corrected chi connectivity index (χ0v) is 14.8. The first-order valence-corrected chi connectivity index (χ1v) is 8.81. The summed E-state index contributed by atoms with van der Waals surface area (Å²) in [6.45, 7) is 3.45. The molecule has 138 valence electrons. The Morgan fingerprint density at radius 1 is 1.19 bits per heavy atom. The number of amides is 1. The van der Waals surface area contributed by atoms with Crippen LogP contribution >= 0.6 is 0 Å². The van der Waals surface area contributed by atoms with E-state index in [0.717, 1.165) is 11.3 Å². The third kappa shape index (κ3) is 4.64. The molecule has 4 nitrogen and oxygen atoms in total. The number of hydrogen-bond acceptors (Lipinski definition) is 3. The largest absolute Gasteiger partial charge is 0.338 e. The summed E-state index contributed by atoms with van der Waals surface area (Å²) in [6, 6.07) is 9.36. The van der Waals surface area contributed by atoms with E-state index in [2.05, 4.69) is 10.3 Å². The van der Waals surface area contributed by atoms with Crippen molar-refractivity contribution in [1.82, 2.24) is 15.2 Å². The fourth-order valence-electron chi connectivity index (χ4n) is 3.08. The molecule has 1 aliphatic heterocycles. The molecule has 1 amide bonds. The number of benzene rings is 1. The maximum absolute atomic E-state index is 15.0. The molecule has 1 N–H and O–H groups in total. The molecular formula is C20H23F2N3O. The lowest BCUT2D eigenvalue weighted by molar-refractivity contribution is 0.0434. The maximum atomic E-state index is 15.0. The van der Waals surface area contributed by atoms with Gasteiger partial charge in [-0.05, 0) is 42.8 Å². The van der Waals surface area contributed by atoms with Crippen LogP contribution in [0.2, 0.25) is 0 Å². The Morgan fingerprint density at radius 3 is 2.50 bits per heavy atom. The van der Waals surface area contributed by atoms with Gasteiger partial charge in [0.2, 0.25) is 0 Å². The van der Waals surface area contributed by atoms with Crippen LogP contribution in [-0.2, 0) is 6.54 Å². The average molecular weight is 359 g/mol. The Labute approximate surface area is 152 Å². The lowest BCUT2D eigenvalue weighted by atomic mass is 9.92. The summed E-state index contributed by atoms with van der Waals surface area (Å²) >= 11 is 0. The van der Waals surface area contributed by atoms with Crippen LogP contribution in [0, 0.1) is 12.7 Å². The predicted molar refractivity (Wildman–Crippen MR) is 96.1 cm³/mol. The van der Waals surface area contributed by atoms with Gasteiger partial charge in [-0.25, -0.2) is 8.78 Å². The van der Waals surface area contributed by atoms with Crippen LogP contribution in [0.1, 0.15) is 34.5 Å². The SMILES string of the molecule is Cc1ccc(CNCC2(F)CCN(C(=O)c3ccc(F)cc3)CC2)nc1. The van der Waals surface area contributed by atoms with Gasteiger partial charge < -0.3 is 10.2 Å². The van der Waals surface area contributed by atoms with E-state index in [4.69, 9.17) is 0 Å². The highest BCUT2D eigenvalue weighted by atomic mass is 19.1. The number of halogens is 2. The summed E-state index contributed by atoms with van der Waals surface area (Å²) in [5.41, 5.74) is 1.07. The van der Waals surface area contributed by atoms with Crippen LogP contribution in [0.4, 0.5) is 8.78 Å². The van der Waals surface area contributed by atoms with Gasteiger partial charge in [0.25, 0.3) is 5.91 Å². The number of aryl methyl sites for hydroxylation is 1. The number of nitrogens with one attached hydrogen (secondary N) is 1. The summed E-state index contributed by atoms with van der Waals surface area (Å²) in [6.07, 6.45) is 2.37. The first-order valence-electron chi connectivity index (χ1n) is 8.81. The minimum absolute atomic E-state index is 0.177. The van der Waals surface area contributed by atoms with Crippen LogP contribution in [-0.4, -0.2) is 41.1 Å². The number of aromatic nitrogens is 1. The molecule has 0 unspecified atom stereocenters. The number of pyridine rings is 1. The summed E-state index contributed by atoms with van der Waals surface area (Å²) in [5, 5.41) is 3.13. The van der Waals surface area contributed by atoms with Crippen LogP contribution in [0.3, 0.4) is 0 Å². The van der Waals surface area contributed by atoms with Crippen molar-refractivity contribution in [1.29, 1.82) is 0 Å². The fourth-order valence-corrected chi connectivity index (χ4v) is 3.08. The topological polar surface area (TPSA) is 45.2 Å². The Bertz CT molecular complexity index is 739. The molecule has 2 heterocycles. The van der Waals surface area contributed by atoms with E-state index in [1.807, 2.05) is 19.1 Å². The van der Waals surface area contributed by atoms with Crippen molar-refractivity contribution in [2.45, 2.75) is 32.0 Å². The highest BCUT2D eigenvalue weighted by Gasteiger charge is 2.35. The van der Waals surface area contributed by atoms with Crippen molar-refractivity contribution in [2.75, 3.05) is 19.6 Å². The number of carbonyl (C=O) groups excluding carboxylic acids is 1. The van der Waals surface area contributed by atoms with Crippen molar-refractivity contribution in [3.63, 3.8) is 0 Å². The number of hydrogen-bond donors (Lipinski definition) is 1. The van der Waals surface area contributed by atoms with Crippen molar-refractivity contribution in [3.05, 3.63) is 65.2 Å². The molecule has 0 radical (unpaired) electrons. The number of rotatable bonds is 5. The van der Waals surface area contributed by atoms with Gasteiger partial charge in [0, 0.05) is 50.8 Å². The van der Waals surface area contributed by atoms with E-state index in [9.17, 15) is 13.6 Å². The number of nitrogens with zero attached hydrogens (tertiary/aromatic N) is 2. The Balaban J connectivity index is 1.48. The molecule has 1 aromatic heterocycles. The third-order valence-corrected chi connectivity index (χ3v) is 4.76. The van der Waals surface area contributed by atoms with Crippen molar-refractivity contribution in [2.24, 2.45) is 0 Å². The molecule has 1 fully saturated rings. The molecular weight excluding hydrogens is 336 g/mol. The Morgan fingerprint density at radius 2 is 1.88 bits per heavy atom. The number of carbonyl (C=O) groups is 1. The van der Waals surface area contributed by atoms with Crippen LogP contribution in [0.15, 0.2) is 42.6 Å². The second-order valence-electron chi connectivity index (χ2n) is 6.88. The molecule has 0 saturated carbocycles. The molecule has 0 bridgehead atoms. The lowest BCUT2D eigenvalue weighted by Gasteiger charge is -2.36. The predicted octanol–water partition coefficient (Wildman–Crippen LogP) is 3.26. The highest BCUT2D eigenvalue weighted by Crippen LogP contribution is 2.27. The van der Waals surface area contributed by atoms with Crippen LogP contribution < -0.4 is 5.32 Å². The first kappa shape index (κ1) is 18.5. The Kier molecular flexibility index (Phi) is 5.61. The number of alkyl halides is 1. The standard InChI is InChI=1S/C20H23F2N3O/c1-15-2-7-18(24-12-15)13-23-14-20(22)8-10-25(11-9-20)19(26)16-3-5-17(21)6-4-16/h2-7,12,23H,8-11,13-14H2,1H3. The van der Waals surface area contributed by atoms with E-state index in [-0.39, 0.29) is 31.1 Å². The van der Waals surface area contributed by atoms with Crippen molar-refractivity contribution < 1.29 is 13.6 Å². The molecule has 2 aromatic rings. The second-order valence-corrected chi connectivity index (χ2v) is 6.88. The molecule has 3 rings (SSSR count). The summed E-state index contributed by atoms with van der Waals surface area (Å²) < 4.78 is 27.9. The zero-order valence-electron chi connectivity index (χ0n) is 14.8. The van der Waals surface area contributed by atoms with Gasteiger partial charge in [-0.2, -0.15) is 0 Å². The molecule has 1 saturated heterocycles. The lowest BCUT2D eigenvalue weighted by Crippen LogP contribution is -2.48. The molecule has 0 atom stereocenters. The summed E-state index contributed by atoms with van der Waals surface area (Å²) in [5.74, 6) is -0.555. The monoisotopic (exact) mass is 359 g/mol. The third-order valence-electron chi connectivity index (χ3n) is 4.76. The minimum atomic E-state index is -1.33. The van der Waals surface area contributed by atoms with Gasteiger partial charge in [-0.1, -0.05) is 6.07 Å². The van der Waals surface area contributed by atoms with E-state index in [0.29, 0.717) is 25.2 Å². The molecule has 6 heteroatoms. The number of piperidine rings is 1. The van der Waals surface area contributed by atoms with Crippen molar-refractivity contribution in [3.8, 4) is 0 Å². The highest BCUT2D eigenvalue weighted by molar-refractivity contribution is 5.94. The van der Waals surface area contributed by atoms with Gasteiger partial charge in [-0.15, -0.1) is 0 Å². The van der Waals surface area contributed by atoms with E-state index in [1.165, 1.54) is 24.3 Å². The minimum Gasteiger partial charge on any atom is -0.338 e. The van der Waals surface area contributed by atoms with Gasteiger partial charge in [0.1, 0.15) is 11.5 Å². The van der Waals surface area contributed by atoms with Gasteiger partial charge in [-0.3, -0.25) is 9.78 Å². The van der Waals surface area contributed by atoms with E-state index >= 15 is 0 Å². The Hall–Kier alpha value is -2.34. The molecule has 0 spiro atoms. The quantitative estimate of drug-likeness (QED) is 0.891. The van der Waals surface area contributed by atoms with Gasteiger partial charge in [0.05, 0.1) is 5.69 Å². The molecule has 1 aromatic carbocycles. The maximum Gasteiger partial charge on any atom is 0.253 e. The summed E-state index contributed by atoms with van der Waals surface area (Å²) in [7, 11) is 0. The number of likely N-dealkylation sites (tertiary alicyclic amines) is 1.